The van der Waals surface area contributed by atoms with Crippen molar-refractivity contribution in [2.75, 3.05) is 46.9 Å². The van der Waals surface area contributed by atoms with Gasteiger partial charge in [-0.25, -0.2) is 0 Å². The molecule has 0 aliphatic carbocycles. The Morgan fingerprint density at radius 3 is 2.85 bits per heavy atom. The van der Waals surface area contributed by atoms with Gasteiger partial charge in [0.2, 0.25) is 0 Å². The molecule has 0 amide bonds. The van der Waals surface area contributed by atoms with Crippen molar-refractivity contribution < 1.29 is 4.74 Å². The molecule has 3 nitrogen and oxygen atoms in total. The van der Waals surface area contributed by atoms with E-state index < -0.39 is 0 Å². The van der Waals surface area contributed by atoms with E-state index in [1.165, 1.54) is 43.9 Å². The number of ether oxygens (including phenoxy) is 1. The second kappa shape index (κ2) is 6.14. The van der Waals surface area contributed by atoms with Crippen LogP contribution in [0.15, 0.2) is 17.5 Å². The van der Waals surface area contributed by atoms with Crippen LogP contribution in [-0.4, -0.2) is 56.7 Å². The second-order valence-electron chi connectivity index (χ2n) is 6.57. The van der Waals surface area contributed by atoms with Gasteiger partial charge in [-0.15, -0.1) is 11.3 Å². The zero-order valence-corrected chi connectivity index (χ0v) is 13.5. The van der Waals surface area contributed by atoms with E-state index in [4.69, 9.17) is 4.74 Å². The van der Waals surface area contributed by atoms with Gasteiger partial charge in [0.25, 0.3) is 0 Å². The van der Waals surface area contributed by atoms with Crippen molar-refractivity contribution >= 4 is 11.3 Å². The van der Waals surface area contributed by atoms with Crippen LogP contribution in [-0.2, 0) is 11.3 Å². The fraction of sp³-hybridized carbons (Fsp3) is 0.750. The fourth-order valence-corrected chi connectivity index (χ4v) is 4.69. The van der Waals surface area contributed by atoms with Crippen molar-refractivity contribution in [3.05, 3.63) is 22.4 Å². The summed E-state index contributed by atoms with van der Waals surface area (Å²) < 4.78 is 5.53. The standard InChI is InChI=1S/C16H26N2OS/c1-17-7-5-16(6-8-17)13-18(10-14(16)12-19-2)11-15-4-3-9-20-15/h3-4,9,14H,5-8,10-13H2,1-2H3. The van der Waals surface area contributed by atoms with Crippen LogP contribution < -0.4 is 0 Å². The van der Waals surface area contributed by atoms with Crippen LogP contribution in [0.5, 0.6) is 0 Å². The number of rotatable bonds is 4. The first-order valence-electron chi connectivity index (χ1n) is 7.64. The second-order valence-corrected chi connectivity index (χ2v) is 7.60. The van der Waals surface area contributed by atoms with Crippen LogP contribution in [0, 0.1) is 11.3 Å². The highest BCUT2D eigenvalue weighted by Gasteiger charge is 2.47. The van der Waals surface area contributed by atoms with Crippen molar-refractivity contribution in [1.82, 2.24) is 9.80 Å². The van der Waals surface area contributed by atoms with Gasteiger partial charge in [-0.3, -0.25) is 4.90 Å². The number of methoxy groups -OCH3 is 1. The lowest BCUT2D eigenvalue weighted by Crippen LogP contribution is -2.43. The molecular formula is C16H26N2OS. The number of nitrogens with zero attached hydrogens (tertiary/aromatic N) is 2. The van der Waals surface area contributed by atoms with Gasteiger partial charge < -0.3 is 9.64 Å². The van der Waals surface area contributed by atoms with Crippen molar-refractivity contribution in [2.24, 2.45) is 11.3 Å². The molecule has 2 aliphatic rings. The molecule has 1 spiro atoms. The quantitative estimate of drug-likeness (QED) is 0.849. The smallest absolute Gasteiger partial charge is 0.0508 e. The normalized spacial score (nSPS) is 27.4. The third-order valence-corrected chi connectivity index (χ3v) is 6.05. The highest BCUT2D eigenvalue weighted by Crippen LogP contribution is 2.45. The summed E-state index contributed by atoms with van der Waals surface area (Å²) in [5, 5.41) is 2.18. The van der Waals surface area contributed by atoms with Gasteiger partial charge in [-0.05, 0) is 49.8 Å². The van der Waals surface area contributed by atoms with Crippen LogP contribution in [0.3, 0.4) is 0 Å². The summed E-state index contributed by atoms with van der Waals surface area (Å²) in [6.07, 6.45) is 2.66. The van der Waals surface area contributed by atoms with Crippen LogP contribution in [0.4, 0.5) is 0 Å². The lowest BCUT2D eigenvalue weighted by atomic mass is 9.71. The van der Waals surface area contributed by atoms with Gasteiger partial charge in [0, 0.05) is 37.5 Å². The van der Waals surface area contributed by atoms with Crippen molar-refractivity contribution in [3.8, 4) is 0 Å². The molecule has 1 atom stereocenters. The molecule has 20 heavy (non-hydrogen) atoms. The molecule has 4 heteroatoms. The van der Waals surface area contributed by atoms with Crippen molar-refractivity contribution in [2.45, 2.75) is 19.4 Å². The number of likely N-dealkylation sites (tertiary alicyclic amines) is 2. The number of hydrogen-bond acceptors (Lipinski definition) is 4. The third kappa shape index (κ3) is 2.93. The Labute approximate surface area is 126 Å². The predicted molar refractivity (Wildman–Crippen MR) is 84.1 cm³/mol. The summed E-state index contributed by atoms with van der Waals surface area (Å²) in [5.41, 5.74) is 0.500. The molecule has 0 bridgehead atoms. The van der Waals surface area contributed by atoms with E-state index in [1.54, 1.807) is 0 Å². The molecule has 2 fully saturated rings. The molecule has 1 aromatic heterocycles. The van der Waals surface area contributed by atoms with E-state index in [1.807, 2.05) is 18.4 Å². The summed E-state index contributed by atoms with van der Waals surface area (Å²) in [6, 6.07) is 4.42. The van der Waals surface area contributed by atoms with E-state index in [0.717, 1.165) is 13.2 Å². The number of hydrogen-bond donors (Lipinski definition) is 0. The van der Waals surface area contributed by atoms with Gasteiger partial charge in [0.15, 0.2) is 0 Å². The van der Waals surface area contributed by atoms with Gasteiger partial charge in [0.05, 0.1) is 6.61 Å². The predicted octanol–water partition coefficient (Wildman–Crippen LogP) is 2.54. The largest absolute Gasteiger partial charge is 0.384 e. The minimum Gasteiger partial charge on any atom is -0.384 e. The SMILES string of the molecule is COCC1CN(Cc2cccs2)CC12CCN(C)CC2. The molecule has 1 unspecified atom stereocenters. The molecule has 2 saturated heterocycles. The molecular weight excluding hydrogens is 268 g/mol. The first-order valence-corrected chi connectivity index (χ1v) is 8.52. The molecule has 0 aromatic carbocycles. The minimum atomic E-state index is 0.500. The van der Waals surface area contributed by atoms with Gasteiger partial charge in [-0.2, -0.15) is 0 Å². The maximum atomic E-state index is 5.53. The van der Waals surface area contributed by atoms with Crippen LogP contribution in [0.2, 0.25) is 0 Å². The molecule has 1 aromatic rings. The van der Waals surface area contributed by atoms with E-state index in [9.17, 15) is 0 Å². The Balaban J connectivity index is 1.68. The Hall–Kier alpha value is -0.420. The van der Waals surface area contributed by atoms with Gasteiger partial charge in [-0.1, -0.05) is 6.07 Å². The number of thiophene rings is 1. The Bertz CT molecular complexity index is 412. The zero-order chi connectivity index (χ0) is 14.0. The average Bonchev–Trinajstić information content (AvgIpc) is 3.04. The first-order chi connectivity index (χ1) is 9.72. The van der Waals surface area contributed by atoms with E-state index in [0.29, 0.717) is 11.3 Å². The van der Waals surface area contributed by atoms with E-state index >= 15 is 0 Å². The Kier molecular flexibility index (Phi) is 4.46. The number of piperidine rings is 1. The maximum absolute atomic E-state index is 5.53. The Morgan fingerprint density at radius 1 is 1.40 bits per heavy atom. The lowest BCUT2D eigenvalue weighted by Gasteiger charge is -2.41. The van der Waals surface area contributed by atoms with Crippen LogP contribution in [0.25, 0.3) is 0 Å². The summed E-state index contributed by atoms with van der Waals surface area (Å²) in [6.45, 7) is 6.99. The van der Waals surface area contributed by atoms with E-state index in [2.05, 4.69) is 34.4 Å². The first kappa shape index (κ1) is 14.5. The highest BCUT2D eigenvalue weighted by molar-refractivity contribution is 7.09. The summed E-state index contributed by atoms with van der Waals surface area (Å²) in [7, 11) is 4.10. The molecule has 0 saturated carbocycles. The maximum Gasteiger partial charge on any atom is 0.0508 e. The molecule has 0 radical (unpaired) electrons. The van der Waals surface area contributed by atoms with Crippen molar-refractivity contribution in [1.29, 1.82) is 0 Å². The fourth-order valence-electron chi connectivity index (χ4n) is 3.95. The lowest BCUT2D eigenvalue weighted by molar-refractivity contribution is 0.0448. The average molecular weight is 294 g/mol. The topological polar surface area (TPSA) is 15.7 Å². The summed E-state index contributed by atoms with van der Waals surface area (Å²) >= 11 is 1.88. The summed E-state index contributed by atoms with van der Waals surface area (Å²) in [5.74, 6) is 0.709. The van der Waals surface area contributed by atoms with Gasteiger partial charge >= 0.3 is 0 Å². The molecule has 112 valence electrons. The highest BCUT2D eigenvalue weighted by atomic mass is 32.1. The van der Waals surface area contributed by atoms with Crippen molar-refractivity contribution in [3.63, 3.8) is 0 Å². The third-order valence-electron chi connectivity index (χ3n) is 5.19. The summed E-state index contributed by atoms with van der Waals surface area (Å²) in [4.78, 5) is 6.61. The molecule has 2 aliphatic heterocycles. The molecule has 3 heterocycles. The Morgan fingerprint density at radius 2 is 2.20 bits per heavy atom. The van der Waals surface area contributed by atoms with Crippen LogP contribution >= 0.6 is 11.3 Å². The molecule has 3 rings (SSSR count). The zero-order valence-electron chi connectivity index (χ0n) is 12.7. The van der Waals surface area contributed by atoms with Gasteiger partial charge in [0.1, 0.15) is 0 Å². The van der Waals surface area contributed by atoms with E-state index in [-0.39, 0.29) is 0 Å². The van der Waals surface area contributed by atoms with Crippen LogP contribution in [0.1, 0.15) is 17.7 Å². The monoisotopic (exact) mass is 294 g/mol. The molecule has 0 N–H and O–H groups in total. The minimum absolute atomic E-state index is 0.500.